The third-order valence-electron chi connectivity index (χ3n) is 2.57. The Balaban J connectivity index is 2.10. The number of hydrogen-bond acceptors (Lipinski definition) is 3. The first-order valence-electron chi connectivity index (χ1n) is 5.22. The molecule has 0 amide bonds. The number of anilines is 1. The van der Waals surface area contributed by atoms with Crippen molar-refractivity contribution in [1.82, 2.24) is 0 Å². The quantitative estimate of drug-likeness (QED) is 0.767. The number of carboxylic acids is 1. The largest absolute Gasteiger partial charge is 0.475 e. The molecule has 1 aliphatic carbocycles. The second kappa shape index (κ2) is 4.31. The van der Waals surface area contributed by atoms with Gasteiger partial charge in [0.1, 0.15) is 0 Å². The Morgan fingerprint density at radius 2 is 2.38 bits per heavy atom. The van der Waals surface area contributed by atoms with E-state index in [9.17, 15) is 4.79 Å². The van der Waals surface area contributed by atoms with E-state index in [1.54, 1.807) is 6.07 Å². The Kier molecular flexibility index (Phi) is 2.86. The molecule has 0 radical (unpaired) electrons. The van der Waals surface area contributed by atoms with Gasteiger partial charge in [-0.2, -0.15) is 0 Å². The summed E-state index contributed by atoms with van der Waals surface area (Å²) in [4.78, 5) is 12.6. The lowest BCUT2D eigenvalue weighted by Gasteiger charge is -2.18. The summed E-state index contributed by atoms with van der Waals surface area (Å²) in [5, 5.41) is 8.75. The number of terminal acetylenes is 1. The summed E-state index contributed by atoms with van der Waals surface area (Å²) in [7, 11) is 0. The molecule has 0 spiro atoms. The fraction of sp³-hybridized carbons (Fsp3) is 0.417. The topological polar surface area (TPSA) is 53.7 Å². The molecule has 0 aromatic carbocycles. The monoisotopic (exact) mass is 219 g/mol. The lowest BCUT2D eigenvalue weighted by atomic mass is 10.3. The fourth-order valence-corrected chi connectivity index (χ4v) is 1.57. The van der Waals surface area contributed by atoms with Gasteiger partial charge in [-0.3, -0.25) is 0 Å². The van der Waals surface area contributed by atoms with Gasteiger partial charge in [-0.15, -0.1) is 6.42 Å². The maximum Gasteiger partial charge on any atom is 0.371 e. The Morgan fingerprint density at radius 3 is 2.88 bits per heavy atom. The van der Waals surface area contributed by atoms with Gasteiger partial charge in [0, 0.05) is 12.6 Å². The number of carbonyl (C=O) groups is 1. The minimum Gasteiger partial charge on any atom is -0.475 e. The van der Waals surface area contributed by atoms with Crippen molar-refractivity contribution in [1.29, 1.82) is 0 Å². The number of hydrogen-bond donors (Lipinski definition) is 1. The molecule has 1 aromatic heterocycles. The summed E-state index contributed by atoms with van der Waals surface area (Å²) < 4.78 is 5.22. The Morgan fingerprint density at radius 1 is 1.62 bits per heavy atom. The Labute approximate surface area is 93.9 Å². The third kappa shape index (κ3) is 2.37. The van der Waals surface area contributed by atoms with Crippen LogP contribution in [0.15, 0.2) is 16.5 Å². The SMILES string of the molecule is C#CCN(CC1CC1)c1ccc(C(=O)O)o1. The van der Waals surface area contributed by atoms with E-state index in [0.717, 1.165) is 6.54 Å². The highest BCUT2D eigenvalue weighted by molar-refractivity contribution is 5.84. The zero-order valence-corrected chi connectivity index (χ0v) is 8.85. The smallest absolute Gasteiger partial charge is 0.371 e. The number of aromatic carboxylic acids is 1. The molecular weight excluding hydrogens is 206 g/mol. The van der Waals surface area contributed by atoms with E-state index in [1.165, 1.54) is 18.9 Å². The van der Waals surface area contributed by atoms with Gasteiger partial charge in [-0.05, 0) is 24.8 Å². The third-order valence-corrected chi connectivity index (χ3v) is 2.57. The van der Waals surface area contributed by atoms with Crippen molar-refractivity contribution in [3.05, 3.63) is 17.9 Å². The van der Waals surface area contributed by atoms with Crippen molar-refractivity contribution in [2.45, 2.75) is 12.8 Å². The molecule has 4 heteroatoms. The zero-order chi connectivity index (χ0) is 11.5. The van der Waals surface area contributed by atoms with E-state index in [1.807, 2.05) is 4.90 Å². The number of nitrogens with zero attached hydrogens (tertiary/aromatic N) is 1. The van der Waals surface area contributed by atoms with E-state index in [-0.39, 0.29) is 5.76 Å². The number of furan rings is 1. The van der Waals surface area contributed by atoms with Crippen LogP contribution in [0.25, 0.3) is 0 Å². The molecule has 2 rings (SSSR count). The lowest BCUT2D eigenvalue weighted by Crippen LogP contribution is -2.25. The summed E-state index contributed by atoms with van der Waals surface area (Å²) in [5.41, 5.74) is 0. The van der Waals surface area contributed by atoms with Crippen LogP contribution in [0.4, 0.5) is 5.88 Å². The molecule has 0 bridgehead atoms. The predicted molar refractivity (Wildman–Crippen MR) is 59.4 cm³/mol. The highest BCUT2D eigenvalue weighted by atomic mass is 16.4. The van der Waals surface area contributed by atoms with Gasteiger partial charge in [0.15, 0.2) is 5.88 Å². The maximum absolute atomic E-state index is 10.7. The van der Waals surface area contributed by atoms with E-state index in [0.29, 0.717) is 18.3 Å². The molecule has 0 atom stereocenters. The number of rotatable bonds is 5. The van der Waals surface area contributed by atoms with E-state index < -0.39 is 5.97 Å². The molecule has 1 aromatic rings. The molecule has 0 unspecified atom stereocenters. The van der Waals surface area contributed by atoms with Gasteiger partial charge < -0.3 is 14.4 Å². The summed E-state index contributed by atoms with van der Waals surface area (Å²) in [5.74, 6) is 2.67. The van der Waals surface area contributed by atoms with E-state index in [4.69, 9.17) is 15.9 Å². The molecule has 1 heterocycles. The van der Waals surface area contributed by atoms with Crippen LogP contribution in [-0.4, -0.2) is 24.2 Å². The van der Waals surface area contributed by atoms with Crippen LogP contribution in [0.2, 0.25) is 0 Å². The standard InChI is InChI=1S/C12H13NO3/c1-2-7-13(8-9-3-4-9)11-6-5-10(16-11)12(14)15/h1,5-6,9H,3-4,7-8H2,(H,14,15). The first kappa shape index (κ1) is 10.6. The van der Waals surface area contributed by atoms with Crippen molar-refractivity contribution in [3.8, 4) is 12.3 Å². The minimum absolute atomic E-state index is 0.0483. The average Bonchev–Trinajstić information content (AvgIpc) is 2.92. The van der Waals surface area contributed by atoms with E-state index in [2.05, 4.69) is 5.92 Å². The van der Waals surface area contributed by atoms with Gasteiger partial charge in [-0.1, -0.05) is 5.92 Å². The van der Waals surface area contributed by atoms with Crippen molar-refractivity contribution in [2.75, 3.05) is 18.0 Å². The van der Waals surface area contributed by atoms with Gasteiger partial charge in [-0.25, -0.2) is 4.79 Å². The average molecular weight is 219 g/mol. The summed E-state index contributed by atoms with van der Waals surface area (Å²) in [6.07, 6.45) is 7.71. The van der Waals surface area contributed by atoms with Crippen molar-refractivity contribution in [3.63, 3.8) is 0 Å². The highest BCUT2D eigenvalue weighted by Crippen LogP contribution is 2.31. The fourth-order valence-electron chi connectivity index (χ4n) is 1.57. The summed E-state index contributed by atoms with van der Waals surface area (Å²) in [6, 6.07) is 3.11. The minimum atomic E-state index is -1.06. The van der Waals surface area contributed by atoms with Gasteiger partial charge in [0.2, 0.25) is 5.76 Å². The molecule has 4 nitrogen and oxygen atoms in total. The molecule has 1 fully saturated rings. The first-order chi connectivity index (χ1) is 7.70. The summed E-state index contributed by atoms with van der Waals surface area (Å²) in [6.45, 7) is 1.29. The molecular formula is C12H13NO3. The molecule has 1 aliphatic rings. The molecule has 0 saturated heterocycles. The Bertz CT molecular complexity index is 426. The summed E-state index contributed by atoms with van der Waals surface area (Å²) >= 11 is 0. The van der Waals surface area contributed by atoms with Gasteiger partial charge in [0.05, 0.1) is 6.54 Å². The molecule has 0 aliphatic heterocycles. The first-order valence-corrected chi connectivity index (χ1v) is 5.22. The van der Waals surface area contributed by atoms with E-state index >= 15 is 0 Å². The maximum atomic E-state index is 10.7. The molecule has 84 valence electrons. The van der Waals surface area contributed by atoms with Crippen molar-refractivity contribution < 1.29 is 14.3 Å². The van der Waals surface area contributed by atoms with Crippen LogP contribution in [0.5, 0.6) is 0 Å². The molecule has 1 N–H and O–H groups in total. The van der Waals surface area contributed by atoms with Crippen LogP contribution in [-0.2, 0) is 0 Å². The predicted octanol–water partition coefficient (Wildman–Crippen LogP) is 1.83. The van der Waals surface area contributed by atoms with Gasteiger partial charge >= 0.3 is 5.97 Å². The lowest BCUT2D eigenvalue weighted by molar-refractivity contribution is 0.0663. The van der Waals surface area contributed by atoms with Crippen LogP contribution in [0.3, 0.4) is 0 Å². The Hall–Kier alpha value is -1.89. The second-order valence-electron chi connectivity index (χ2n) is 3.97. The van der Waals surface area contributed by atoms with Crippen LogP contribution < -0.4 is 4.90 Å². The van der Waals surface area contributed by atoms with Crippen LogP contribution in [0, 0.1) is 18.3 Å². The van der Waals surface area contributed by atoms with Crippen molar-refractivity contribution in [2.24, 2.45) is 5.92 Å². The highest BCUT2D eigenvalue weighted by Gasteiger charge is 2.25. The van der Waals surface area contributed by atoms with Crippen LogP contribution in [0.1, 0.15) is 23.4 Å². The normalized spacial score (nSPS) is 14.4. The molecule has 1 saturated carbocycles. The van der Waals surface area contributed by atoms with Crippen molar-refractivity contribution >= 4 is 11.9 Å². The van der Waals surface area contributed by atoms with Gasteiger partial charge in [0.25, 0.3) is 0 Å². The molecule has 16 heavy (non-hydrogen) atoms. The number of carboxylic acid groups (broad SMARTS) is 1. The van der Waals surface area contributed by atoms with Crippen LogP contribution >= 0.6 is 0 Å². The zero-order valence-electron chi connectivity index (χ0n) is 8.85. The second-order valence-corrected chi connectivity index (χ2v) is 3.97.